The summed E-state index contributed by atoms with van der Waals surface area (Å²) in [4.78, 5) is 14.1. The highest BCUT2D eigenvalue weighted by Crippen LogP contribution is 2.00. The molecule has 0 aliphatic carbocycles. The van der Waals surface area contributed by atoms with Gasteiger partial charge in [-0.15, -0.1) is 0 Å². The fraction of sp³-hybridized carbons (Fsp3) is 0. The van der Waals surface area contributed by atoms with Gasteiger partial charge in [0, 0.05) is 6.08 Å². The highest BCUT2D eigenvalue weighted by atomic mass is 32.1. The number of carbonyl (C=O) groups excluding carboxylic acids is 1. The molecule has 13 heavy (non-hydrogen) atoms. The Morgan fingerprint density at radius 3 is 2.69 bits per heavy atom. The van der Waals surface area contributed by atoms with Crippen LogP contribution in [-0.2, 0) is 4.79 Å². The SMILES string of the molecule is O=C(/C=C/c1ccccc1)N=C=S. The standard InChI is InChI=1S/C10H7NOS/c12-10(11-8-13)7-6-9-4-2-1-3-5-9/h1-7H/b7-6+. The van der Waals surface area contributed by atoms with Crippen LogP contribution >= 0.6 is 12.2 Å². The van der Waals surface area contributed by atoms with Crippen molar-refractivity contribution in [3.63, 3.8) is 0 Å². The maximum atomic E-state index is 10.8. The summed E-state index contributed by atoms with van der Waals surface area (Å²) in [5.74, 6) is -0.390. The average Bonchev–Trinajstić information content (AvgIpc) is 2.17. The lowest BCUT2D eigenvalue weighted by Crippen LogP contribution is -1.83. The Hall–Kier alpha value is -1.57. The number of nitrogens with zero attached hydrogens (tertiary/aromatic N) is 1. The van der Waals surface area contributed by atoms with Crippen LogP contribution < -0.4 is 0 Å². The quantitative estimate of drug-likeness (QED) is 0.406. The number of benzene rings is 1. The van der Waals surface area contributed by atoms with E-state index < -0.39 is 0 Å². The van der Waals surface area contributed by atoms with Crippen LogP contribution in [0.2, 0.25) is 0 Å². The highest BCUT2D eigenvalue weighted by molar-refractivity contribution is 7.78. The van der Waals surface area contributed by atoms with Crippen molar-refractivity contribution in [3.8, 4) is 0 Å². The van der Waals surface area contributed by atoms with Crippen LogP contribution in [0.15, 0.2) is 41.4 Å². The van der Waals surface area contributed by atoms with E-state index in [1.807, 2.05) is 35.5 Å². The van der Waals surface area contributed by atoms with E-state index in [1.165, 1.54) is 6.08 Å². The van der Waals surface area contributed by atoms with Crippen LogP contribution in [-0.4, -0.2) is 11.1 Å². The largest absolute Gasteiger partial charge is 0.278 e. The topological polar surface area (TPSA) is 29.4 Å². The van der Waals surface area contributed by atoms with E-state index in [1.54, 1.807) is 6.08 Å². The first kappa shape index (κ1) is 9.52. The molecule has 0 atom stereocenters. The number of isothiocyanates is 1. The minimum Gasteiger partial charge on any atom is -0.267 e. The average molecular weight is 189 g/mol. The number of carbonyl (C=O) groups is 1. The van der Waals surface area contributed by atoms with E-state index in [4.69, 9.17) is 0 Å². The second kappa shape index (κ2) is 5.14. The van der Waals surface area contributed by atoms with Crippen LogP contribution in [0.3, 0.4) is 0 Å². The Balaban J connectivity index is 2.69. The van der Waals surface area contributed by atoms with Crippen molar-refractivity contribution in [2.45, 2.75) is 0 Å². The number of rotatable bonds is 2. The van der Waals surface area contributed by atoms with Crippen LogP contribution in [0.1, 0.15) is 5.56 Å². The molecule has 0 heterocycles. The third-order valence-electron chi connectivity index (χ3n) is 1.37. The van der Waals surface area contributed by atoms with Gasteiger partial charge >= 0.3 is 0 Å². The molecule has 3 heteroatoms. The normalized spacial score (nSPS) is 9.54. The van der Waals surface area contributed by atoms with Gasteiger partial charge in [-0.3, -0.25) is 4.79 Å². The number of thiocarbonyl (C=S) groups is 1. The first-order valence-corrected chi connectivity index (χ1v) is 4.09. The fourth-order valence-electron chi connectivity index (χ4n) is 0.814. The van der Waals surface area contributed by atoms with Gasteiger partial charge in [-0.1, -0.05) is 30.3 Å². The number of aliphatic imine (C=N–C) groups is 1. The molecule has 1 rings (SSSR count). The lowest BCUT2D eigenvalue weighted by atomic mass is 10.2. The monoisotopic (exact) mass is 189 g/mol. The van der Waals surface area contributed by atoms with Gasteiger partial charge in [0.1, 0.15) is 0 Å². The zero-order chi connectivity index (χ0) is 9.52. The van der Waals surface area contributed by atoms with Crippen LogP contribution in [0.25, 0.3) is 6.08 Å². The van der Waals surface area contributed by atoms with E-state index >= 15 is 0 Å². The van der Waals surface area contributed by atoms with E-state index in [0.29, 0.717) is 0 Å². The fourth-order valence-corrected chi connectivity index (χ4v) is 0.904. The Morgan fingerprint density at radius 2 is 2.08 bits per heavy atom. The van der Waals surface area contributed by atoms with E-state index in [9.17, 15) is 4.79 Å². The summed E-state index contributed by atoms with van der Waals surface area (Å²) in [7, 11) is 0. The smallest absolute Gasteiger partial charge is 0.267 e. The summed E-state index contributed by atoms with van der Waals surface area (Å²) in [6.07, 6.45) is 3.03. The molecule has 0 bridgehead atoms. The van der Waals surface area contributed by atoms with Gasteiger partial charge in [0.05, 0.1) is 5.16 Å². The van der Waals surface area contributed by atoms with Gasteiger partial charge in [-0.25, -0.2) is 0 Å². The lowest BCUT2D eigenvalue weighted by molar-refractivity contribution is -0.113. The van der Waals surface area contributed by atoms with Gasteiger partial charge < -0.3 is 0 Å². The Labute approximate surface area is 81.6 Å². The van der Waals surface area contributed by atoms with E-state index in [0.717, 1.165) is 5.56 Å². The molecule has 2 nitrogen and oxygen atoms in total. The first-order valence-electron chi connectivity index (χ1n) is 3.68. The summed E-state index contributed by atoms with van der Waals surface area (Å²) >= 11 is 4.29. The molecule has 0 fully saturated rings. The van der Waals surface area contributed by atoms with Gasteiger partial charge in [0.25, 0.3) is 5.91 Å². The minimum absolute atomic E-state index is 0.390. The molecule has 64 valence electrons. The molecule has 0 radical (unpaired) electrons. The van der Waals surface area contributed by atoms with Crippen molar-refractivity contribution in [1.82, 2.24) is 0 Å². The molecule has 0 spiro atoms. The van der Waals surface area contributed by atoms with Crippen LogP contribution in [0, 0.1) is 0 Å². The van der Waals surface area contributed by atoms with Gasteiger partial charge in [0.2, 0.25) is 0 Å². The minimum atomic E-state index is -0.390. The van der Waals surface area contributed by atoms with Gasteiger partial charge in [-0.05, 0) is 23.9 Å². The summed E-state index contributed by atoms with van der Waals surface area (Å²) in [6, 6.07) is 9.49. The molecule has 1 amide bonds. The molecule has 0 aliphatic heterocycles. The zero-order valence-electron chi connectivity index (χ0n) is 6.81. The summed E-state index contributed by atoms with van der Waals surface area (Å²) in [5.41, 5.74) is 0.954. The van der Waals surface area contributed by atoms with Crippen molar-refractivity contribution < 1.29 is 4.79 Å². The van der Waals surface area contributed by atoms with Crippen molar-refractivity contribution in [2.75, 3.05) is 0 Å². The predicted octanol–water partition coefficient (Wildman–Crippen LogP) is 2.33. The molecule has 1 aromatic rings. The third kappa shape index (κ3) is 3.56. The zero-order valence-corrected chi connectivity index (χ0v) is 7.62. The van der Waals surface area contributed by atoms with Crippen molar-refractivity contribution in [1.29, 1.82) is 0 Å². The maximum absolute atomic E-state index is 10.8. The Kier molecular flexibility index (Phi) is 3.76. The van der Waals surface area contributed by atoms with E-state index in [-0.39, 0.29) is 5.91 Å². The van der Waals surface area contributed by atoms with Crippen molar-refractivity contribution in [3.05, 3.63) is 42.0 Å². The summed E-state index contributed by atoms with van der Waals surface area (Å²) in [5, 5.41) is 2.01. The Bertz CT molecular complexity index is 364. The number of amides is 1. The second-order valence-electron chi connectivity index (χ2n) is 2.29. The van der Waals surface area contributed by atoms with Crippen LogP contribution in [0.4, 0.5) is 0 Å². The summed E-state index contributed by atoms with van der Waals surface area (Å²) in [6.45, 7) is 0. The molecular weight excluding hydrogens is 182 g/mol. The molecule has 1 aromatic carbocycles. The molecule has 0 aliphatic rings. The Morgan fingerprint density at radius 1 is 1.38 bits per heavy atom. The number of hydrogen-bond donors (Lipinski definition) is 0. The molecule has 0 unspecified atom stereocenters. The molecule has 0 aromatic heterocycles. The van der Waals surface area contributed by atoms with Gasteiger partial charge in [0.15, 0.2) is 0 Å². The summed E-state index contributed by atoms with van der Waals surface area (Å²) < 4.78 is 0. The molecular formula is C10H7NOS. The molecule has 0 saturated heterocycles. The second-order valence-corrected chi connectivity index (χ2v) is 2.47. The third-order valence-corrected chi connectivity index (χ3v) is 1.47. The lowest BCUT2D eigenvalue weighted by Gasteiger charge is -1.88. The molecule has 0 saturated carbocycles. The first-order chi connectivity index (χ1) is 6.33. The van der Waals surface area contributed by atoms with Gasteiger partial charge in [-0.2, -0.15) is 4.99 Å². The number of hydrogen-bond acceptors (Lipinski definition) is 2. The van der Waals surface area contributed by atoms with Crippen molar-refractivity contribution in [2.24, 2.45) is 4.99 Å². The van der Waals surface area contributed by atoms with Crippen LogP contribution in [0.5, 0.6) is 0 Å². The maximum Gasteiger partial charge on any atom is 0.278 e. The van der Waals surface area contributed by atoms with Crippen molar-refractivity contribution >= 4 is 29.4 Å². The van der Waals surface area contributed by atoms with E-state index in [2.05, 4.69) is 17.2 Å². The highest BCUT2D eigenvalue weighted by Gasteiger charge is 1.88. The predicted molar refractivity (Wildman–Crippen MR) is 55.5 cm³/mol. The molecule has 0 N–H and O–H groups in total.